The van der Waals surface area contributed by atoms with Crippen LogP contribution in [0.1, 0.15) is 25.7 Å². The first-order valence-electron chi connectivity index (χ1n) is 6.40. The lowest BCUT2D eigenvalue weighted by Gasteiger charge is -2.33. The number of aliphatic carboxylic acids is 1. The van der Waals surface area contributed by atoms with E-state index in [1.807, 2.05) is 0 Å². The van der Waals surface area contributed by atoms with Crippen molar-refractivity contribution in [2.75, 3.05) is 13.2 Å². The molecule has 0 aromatic carbocycles. The van der Waals surface area contributed by atoms with Crippen molar-refractivity contribution in [1.29, 1.82) is 0 Å². The molecule has 0 aromatic heterocycles. The van der Waals surface area contributed by atoms with Crippen LogP contribution in [0.25, 0.3) is 0 Å². The van der Waals surface area contributed by atoms with Gasteiger partial charge in [-0.2, -0.15) is 0 Å². The van der Waals surface area contributed by atoms with E-state index in [2.05, 4.69) is 6.58 Å². The summed E-state index contributed by atoms with van der Waals surface area (Å²) in [6.07, 6.45) is 4.25. The first-order valence-corrected chi connectivity index (χ1v) is 6.40. The molecule has 100 valence electrons. The predicted molar refractivity (Wildman–Crippen MR) is 65.1 cm³/mol. The third-order valence-corrected chi connectivity index (χ3v) is 3.99. The van der Waals surface area contributed by atoms with Gasteiger partial charge < -0.3 is 14.7 Å². The second-order valence-electron chi connectivity index (χ2n) is 5.02. The molecule has 2 rings (SSSR count). The van der Waals surface area contributed by atoms with Gasteiger partial charge in [-0.05, 0) is 31.6 Å². The van der Waals surface area contributed by atoms with Crippen LogP contribution in [0.4, 0.5) is 4.79 Å². The third-order valence-electron chi connectivity index (χ3n) is 3.99. The quantitative estimate of drug-likeness (QED) is 0.780. The molecule has 0 bridgehead atoms. The molecule has 0 radical (unpaired) electrons. The van der Waals surface area contributed by atoms with E-state index in [1.54, 1.807) is 11.0 Å². The molecule has 0 unspecified atom stereocenters. The molecule has 1 heterocycles. The average Bonchev–Trinajstić information content (AvgIpc) is 2.78. The minimum absolute atomic E-state index is 0.165. The van der Waals surface area contributed by atoms with E-state index in [4.69, 9.17) is 9.84 Å². The van der Waals surface area contributed by atoms with E-state index in [1.165, 1.54) is 0 Å². The van der Waals surface area contributed by atoms with Crippen LogP contribution in [0.15, 0.2) is 12.7 Å². The van der Waals surface area contributed by atoms with Gasteiger partial charge >= 0.3 is 12.1 Å². The van der Waals surface area contributed by atoms with Gasteiger partial charge in [-0.15, -0.1) is 0 Å². The second-order valence-corrected chi connectivity index (χ2v) is 5.02. The Bertz CT molecular complexity index is 355. The summed E-state index contributed by atoms with van der Waals surface area (Å²) in [5.41, 5.74) is 0. The van der Waals surface area contributed by atoms with Crippen molar-refractivity contribution in [3.8, 4) is 0 Å². The van der Waals surface area contributed by atoms with Crippen LogP contribution in [-0.2, 0) is 9.53 Å². The van der Waals surface area contributed by atoms with Crippen molar-refractivity contribution in [3.05, 3.63) is 12.7 Å². The molecule has 2 fully saturated rings. The highest BCUT2D eigenvalue weighted by atomic mass is 16.6. The Balaban J connectivity index is 1.93. The first kappa shape index (κ1) is 12.9. The van der Waals surface area contributed by atoms with Gasteiger partial charge in [0.25, 0.3) is 0 Å². The second kappa shape index (κ2) is 5.42. The zero-order chi connectivity index (χ0) is 13.1. The van der Waals surface area contributed by atoms with Crippen molar-refractivity contribution < 1.29 is 19.4 Å². The Morgan fingerprint density at radius 3 is 2.83 bits per heavy atom. The molecule has 1 saturated heterocycles. The maximum Gasteiger partial charge on any atom is 0.410 e. The molecule has 1 aliphatic carbocycles. The van der Waals surface area contributed by atoms with E-state index in [9.17, 15) is 9.59 Å². The lowest BCUT2D eigenvalue weighted by Crippen LogP contribution is -2.41. The molecular weight excluding hydrogens is 234 g/mol. The molecule has 0 aromatic rings. The van der Waals surface area contributed by atoms with Gasteiger partial charge in [-0.1, -0.05) is 12.7 Å². The smallest absolute Gasteiger partial charge is 0.410 e. The standard InChI is InChI=1S/C13H19NO4/c1-2-7-18-13(17)14-6-5-9-8-10(12(15)16)3-4-11(9)14/h2,9-11H,1,3-8H2,(H,15,16)/t9-,10-,11+/m1/s1. The van der Waals surface area contributed by atoms with Crippen molar-refractivity contribution >= 4 is 12.1 Å². The Morgan fingerprint density at radius 2 is 2.17 bits per heavy atom. The van der Waals surface area contributed by atoms with E-state index < -0.39 is 5.97 Å². The summed E-state index contributed by atoms with van der Waals surface area (Å²) in [4.78, 5) is 24.6. The Hall–Kier alpha value is -1.52. The van der Waals surface area contributed by atoms with E-state index >= 15 is 0 Å². The fraction of sp³-hybridized carbons (Fsp3) is 0.692. The number of nitrogens with zero attached hydrogens (tertiary/aromatic N) is 1. The molecule has 5 nitrogen and oxygen atoms in total. The van der Waals surface area contributed by atoms with Crippen molar-refractivity contribution in [3.63, 3.8) is 0 Å². The van der Waals surface area contributed by atoms with Gasteiger partial charge in [0.1, 0.15) is 6.61 Å². The highest BCUT2D eigenvalue weighted by Gasteiger charge is 2.43. The van der Waals surface area contributed by atoms with E-state index in [0.717, 1.165) is 12.8 Å². The maximum absolute atomic E-state index is 11.8. The monoisotopic (exact) mass is 253 g/mol. The van der Waals surface area contributed by atoms with Crippen LogP contribution in [0.5, 0.6) is 0 Å². The van der Waals surface area contributed by atoms with Crippen LogP contribution >= 0.6 is 0 Å². The molecule has 1 saturated carbocycles. The number of ether oxygens (including phenoxy) is 1. The van der Waals surface area contributed by atoms with Crippen molar-refractivity contribution in [2.45, 2.75) is 31.7 Å². The molecule has 18 heavy (non-hydrogen) atoms. The summed E-state index contributed by atoms with van der Waals surface area (Å²) in [5, 5.41) is 9.03. The van der Waals surface area contributed by atoms with Gasteiger partial charge in [0.2, 0.25) is 0 Å². The van der Waals surface area contributed by atoms with E-state index in [-0.39, 0.29) is 24.7 Å². The average molecular weight is 253 g/mol. The fourth-order valence-corrected chi connectivity index (χ4v) is 3.10. The zero-order valence-corrected chi connectivity index (χ0v) is 10.4. The number of hydrogen-bond acceptors (Lipinski definition) is 3. The number of carbonyl (C=O) groups is 2. The molecule has 5 heteroatoms. The van der Waals surface area contributed by atoms with Crippen molar-refractivity contribution in [2.24, 2.45) is 11.8 Å². The number of carboxylic acids is 1. The number of fused-ring (bicyclic) bond motifs is 1. The summed E-state index contributed by atoms with van der Waals surface area (Å²) < 4.78 is 5.05. The highest BCUT2D eigenvalue weighted by molar-refractivity contribution is 5.71. The first-order chi connectivity index (χ1) is 8.63. The molecular formula is C13H19NO4. The number of carbonyl (C=O) groups excluding carboxylic acids is 1. The molecule has 3 atom stereocenters. The SMILES string of the molecule is C=CCOC(=O)N1CC[C@@H]2C[C@H](C(=O)O)CC[C@@H]21. The van der Waals surface area contributed by atoms with E-state index in [0.29, 0.717) is 25.3 Å². The van der Waals surface area contributed by atoms with Gasteiger partial charge in [-0.25, -0.2) is 4.79 Å². The lowest BCUT2D eigenvalue weighted by atomic mass is 9.78. The van der Waals surface area contributed by atoms with Gasteiger partial charge in [0, 0.05) is 12.6 Å². The lowest BCUT2D eigenvalue weighted by molar-refractivity contribution is -0.143. The van der Waals surface area contributed by atoms with Gasteiger partial charge in [0.05, 0.1) is 5.92 Å². The summed E-state index contributed by atoms with van der Waals surface area (Å²) in [7, 11) is 0. The Kier molecular flexibility index (Phi) is 3.89. The largest absolute Gasteiger partial charge is 0.481 e. The number of rotatable bonds is 3. The minimum atomic E-state index is -0.707. The Morgan fingerprint density at radius 1 is 1.39 bits per heavy atom. The topological polar surface area (TPSA) is 66.8 Å². The molecule has 1 N–H and O–H groups in total. The highest BCUT2D eigenvalue weighted by Crippen LogP contribution is 2.39. The molecule has 1 aliphatic heterocycles. The number of amides is 1. The van der Waals surface area contributed by atoms with Crippen LogP contribution in [0.2, 0.25) is 0 Å². The van der Waals surface area contributed by atoms with Crippen molar-refractivity contribution in [1.82, 2.24) is 4.90 Å². The van der Waals surface area contributed by atoms with Crippen LogP contribution < -0.4 is 0 Å². The summed E-state index contributed by atoms with van der Waals surface area (Å²) in [6.45, 7) is 4.41. The molecule has 1 amide bonds. The fourth-order valence-electron chi connectivity index (χ4n) is 3.10. The summed E-state index contributed by atoms with van der Waals surface area (Å²) in [6, 6.07) is 0.165. The predicted octanol–water partition coefficient (Wildman–Crippen LogP) is 1.88. The number of carboxylic acid groups (broad SMARTS) is 1. The van der Waals surface area contributed by atoms with Crippen LogP contribution in [-0.4, -0.2) is 41.3 Å². The third kappa shape index (κ3) is 2.49. The summed E-state index contributed by atoms with van der Waals surface area (Å²) in [5.74, 6) is -0.632. The van der Waals surface area contributed by atoms with Gasteiger partial charge in [0.15, 0.2) is 0 Å². The van der Waals surface area contributed by atoms with Gasteiger partial charge in [-0.3, -0.25) is 4.79 Å². The number of likely N-dealkylation sites (tertiary alicyclic amines) is 1. The summed E-state index contributed by atoms with van der Waals surface area (Å²) >= 11 is 0. The molecule has 0 spiro atoms. The maximum atomic E-state index is 11.8. The normalized spacial score (nSPS) is 30.7. The molecule has 2 aliphatic rings. The van der Waals surface area contributed by atoms with Crippen LogP contribution in [0.3, 0.4) is 0 Å². The van der Waals surface area contributed by atoms with Crippen LogP contribution in [0, 0.1) is 11.8 Å². The Labute approximate surface area is 106 Å². The minimum Gasteiger partial charge on any atom is -0.481 e. The zero-order valence-electron chi connectivity index (χ0n) is 10.4. The number of hydrogen-bond donors (Lipinski definition) is 1.